The molecule has 0 fully saturated rings. The molecule has 7 heteroatoms. The Balaban J connectivity index is 1.86. The van der Waals surface area contributed by atoms with Gasteiger partial charge in [-0.15, -0.1) is 0 Å². The van der Waals surface area contributed by atoms with Crippen LogP contribution in [-0.2, 0) is 19.1 Å². The van der Waals surface area contributed by atoms with Gasteiger partial charge in [0.15, 0.2) is 0 Å². The molecule has 0 saturated carbocycles. The van der Waals surface area contributed by atoms with Gasteiger partial charge in [0.05, 0.1) is 12.7 Å². The van der Waals surface area contributed by atoms with Crippen molar-refractivity contribution in [2.45, 2.75) is 26.1 Å². The van der Waals surface area contributed by atoms with E-state index in [2.05, 4.69) is 5.32 Å². The number of alkyl halides is 3. The maximum Gasteiger partial charge on any atom is 0.416 e. The molecule has 27 heavy (non-hydrogen) atoms. The Morgan fingerprint density at radius 3 is 2.41 bits per heavy atom. The number of hydrogen-bond donors (Lipinski definition) is 1. The minimum Gasteiger partial charge on any atom is -0.496 e. The van der Waals surface area contributed by atoms with E-state index >= 15 is 0 Å². The number of carbonyl (C=O) groups is 1. The predicted molar refractivity (Wildman–Crippen MR) is 97.7 cm³/mol. The van der Waals surface area contributed by atoms with Crippen molar-refractivity contribution in [3.8, 4) is 5.75 Å². The summed E-state index contributed by atoms with van der Waals surface area (Å²) in [6, 6.07) is 10.4. The lowest BCUT2D eigenvalue weighted by molar-refractivity contribution is -0.137. The average molecular weight is 380 g/mol. The number of aryl methyl sites for hydroxylation is 1. The fourth-order valence-electron chi connectivity index (χ4n) is 2.69. The standard InChI is InChI=1S/C20H23F3N2O2/c1-14-4-9-18(27-3)16(12-14)10-11-24-19(26)25(2)13-15-5-7-17(8-6-15)20(21,22)23/h4-9,12H,10-11,13H2,1-3H3,(H,24,26). The highest BCUT2D eigenvalue weighted by Gasteiger charge is 2.29. The van der Waals surface area contributed by atoms with Crippen LogP contribution in [0.3, 0.4) is 0 Å². The van der Waals surface area contributed by atoms with Gasteiger partial charge in [0.25, 0.3) is 0 Å². The highest BCUT2D eigenvalue weighted by atomic mass is 19.4. The normalized spacial score (nSPS) is 11.2. The highest BCUT2D eigenvalue weighted by molar-refractivity contribution is 5.73. The van der Waals surface area contributed by atoms with Crippen molar-refractivity contribution in [2.24, 2.45) is 0 Å². The van der Waals surface area contributed by atoms with Crippen LogP contribution in [0.15, 0.2) is 42.5 Å². The third-order valence-corrected chi connectivity index (χ3v) is 4.15. The van der Waals surface area contributed by atoms with Crippen LogP contribution in [0.1, 0.15) is 22.3 Å². The Morgan fingerprint density at radius 1 is 1.15 bits per heavy atom. The zero-order valence-corrected chi connectivity index (χ0v) is 15.6. The van der Waals surface area contributed by atoms with Crippen molar-refractivity contribution >= 4 is 6.03 Å². The summed E-state index contributed by atoms with van der Waals surface area (Å²) in [6.45, 7) is 2.63. The summed E-state index contributed by atoms with van der Waals surface area (Å²) in [4.78, 5) is 13.6. The van der Waals surface area contributed by atoms with Gasteiger partial charge in [0.1, 0.15) is 5.75 Å². The molecule has 0 unspecified atom stereocenters. The van der Waals surface area contributed by atoms with Crippen molar-refractivity contribution in [1.82, 2.24) is 10.2 Å². The Kier molecular flexibility index (Phi) is 6.71. The third-order valence-electron chi connectivity index (χ3n) is 4.15. The van der Waals surface area contributed by atoms with E-state index in [0.29, 0.717) is 18.5 Å². The topological polar surface area (TPSA) is 41.6 Å². The molecule has 2 rings (SSSR count). The maximum absolute atomic E-state index is 12.6. The zero-order valence-electron chi connectivity index (χ0n) is 15.6. The number of halogens is 3. The Bertz CT molecular complexity index is 774. The van der Waals surface area contributed by atoms with Crippen molar-refractivity contribution in [3.63, 3.8) is 0 Å². The van der Waals surface area contributed by atoms with Crippen LogP contribution in [0, 0.1) is 6.92 Å². The van der Waals surface area contributed by atoms with Crippen molar-refractivity contribution in [1.29, 1.82) is 0 Å². The first kappa shape index (κ1) is 20.6. The average Bonchev–Trinajstić information content (AvgIpc) is 2.61. The monoisotopic (exact) mass is 380 g/mol. The molecule has 0 aliphatic heterocycles. The van der Waals surface area contributed by atoms with Crippen LogP contribution in [-0.4, -0.2) is 31.6 Å². The molecule has 1 N–H and O–H groups in total. The fourth-order valence-corrected chi connectivity index (χ4v) is 2.69. The molecule has 2 aromatic rings. The molecular formula is C20H23F3N2O2. The van der Waals surface area contributed by atoms with Gasteiger partial charge in [-0.1, -0.05) is 29.8 Å². The number of methoxy groups -OCH3 is 1. The maximum atomic E-state index is 12.6. The van der Waals surface area contributed by atoms with Crippen molar-refractivity contribution < 1.29 is 22.7 Å². The largest absolute Gasteiger partial charge is 0.496 e. The predicted octanol–water partition coefficient (Wildman–Crippen LogP) is 4.41. The van der Waals surface area contributed by atoms with Crippen LogP contribution in [0.5, 0.6) is 5.75 Å². The van der Waals surface area contributed by atoms with Crippen LogP contribution in [0.25, 0.3) is 0 Å². The number of nitrogens with one attached hydrogen (secondary N) is 1. The van der Waals surface area contributed by atoms with Crippen molar-refractivity contribution in [3.05, 3.63) is 64.7 Å². The van der Waals surface area contributed by atoms with Crippen molar-refractivity contribution in [2.75, 3.05) is 20.7 Å². The molecule has 0 heterocycles. The second-order valence-corrected chi connectivity index (χ2v) is 6.35. The van der Waals surface area contributed by atoms with Gasteiger partial charge < -0.3 is 15.0 Å². The van der Waals surface area contributed by atoms with E-state index in [1.54, 1.807) is 14.2 Å². The molecule has 0 saturated heterocycles. The third kappa shape index (κ3) is 5.91. The molecule has 0 radical (unpaired) electrons. The number of hydrogen-bond acceptors (Lipinski definition) is 2. The Morgan fingerprint density at radius 2 is 1.81 bits per heavy atom. The van der Waals surface area contributed by atoms with E-state index < -0.39 is 11.7 Å². The minimum atomic E-state index is -4.36. The smallest absolute Gasteiger partial charge is 0.416 e. The SMILES string of the molecule is COc1ccc(C)cc1CCNC(=O)N(C)Cc1ccc(C(F)(F)F)cc1. The van der Waals surface area contributed by atoms with Crippen LogP contribution < -0.4 is 10.1 Å². The quantitative estimate of drug-likeness (QED) is 0.807. The first-order chi connectivity index (χ1) is 12.7. The number of amides is 2. The molecule has 146 valence electrons. The van der Waals surface area contributed by atoms with E-state index in [4.69, 9.17) is 4.74 Å². The number of rotatable bonds is 6. The van der Waals surface area contributed by atoms with E-state index in [-0.39, 0.29) is 12.6 Å². The molecule has 4 nitrogen and oxygen atoms in total. The molecule has 2 aromatic carbocycles. The van der Waals surface area contributed by atoms with Gasteiger partial charge >= 0.3 is 12.2 Å². The second kappa shape index (κ2) is 8.79. The van der Waals surface area contributed by atoms with Gasteiger partial charge in [0, 0.05) is 20.1 Å². The molecule has 0 spiro atoms. The highest BCUT2D eigenvalue weighted by Crippen LogP contribution is 2.29. The van der Waals surface area contributed by atoms with Gasteiger partial charge in [-0.25, -0.2) is 4.79 Å². The zero-order chi connectivity index (χ0) is 20.0. The first-order valence-electron chi connectivity index (χ1n) is 8.49. The van der Waals surface area contributed by atoms with Gasteiger partial charge in [-0.2, -0.15) is 13.2 Å². The molecule has 0 bridgehead atoms. The van der Waals surface area contributed by atoms with Gasteiger partial charge in [-0.3, -0.25) is 0 Å². The van der Waals surface area contributed by atoms with Gasteiger partial charge in [-0.05, 0) is 42.7 Å². The molecule has 2 amide bonds. The van der Waals surface area contributed by atoms with E-state index in [1.807, 2.05) is 25.1 Å². The number of benzene rings is 2. The van der Waals surface area contributed by atoms with Crippen LogP contribution in [0.4, 0.5) is 18.0 Å². The summed E-state index contributed by atoms with van der Waals surface area (Å²) >= 11 is 0. The van der Waals surface area contributed by atoms with E-state index in [9.17, 15) is 18.0 Å². The minimum absolute atomic E-state index is 0.220. The Labute approximate surface area is 156 Å². The van der Waals surface area contributed by atoms with Crippen LogP contribution >= 0.6 is 0 Å². The summed E-state index contributed by atoms with van der Waals surface area (Å²) in [6.07, 6.45) is -3.75. The lowest BCUT2D eigenvalue weighted by Gasteiger charge is -2.19. The summed E-state index contributed by atoms with van der Waals surface area (Å²) in [5.74, 6) is 0.771. The molecular weight excluding hydrogens is 357 g/mol. The summed E-state index contributed by atoms with van der Waals surface area (Å²) in [5, 5.41) is 2.81. The lowest BCUT2D eigenvalue weighted by atomic mass is 10.1. The number of carbonyl (C=O) groups excluding carboxylic acids is 1. The molecule has 0 aliphatic carbocycles. The molecule has 0 aliphatic rings. The first-order valence-corrected chi connectivity index (χ1v) is 8.49. The van der Waals surface area contributed by atoms with E-state index in [1.165, 1.54) is 17.0 Å². The number of ether oxygens (including phenoxy) is 1. The summed E-state index contributed by atoms with van der Waals surface area (Å²) in [5.41, 5.74) is 2.03. The van der Waals surface area contributed by atoms with Crippen LogP contribution in [0.2, 0.25) is 0 Å². The Hall–Kier alpha value is -2.70. The lowest BCUT2D eigenvalue weighted by Crippen LogP contribution is -2.37. The molecule has 0 atom stereocenters. The summed E-state index contributed by atoms with van der Waals surface area (Å²) in [7, 11) is 3.20. The fraction of sp³-hybridized carbons (Fsp3) is 0.350. The number of nitrogens with zero attached hydrogens (tertiary/aromatic N) is 1. The van der Waals surface area contributed by atoms with E-state index in [0.717, 1.165) is 29.0 Å². The number of urea groups is 1. The van der Waals surface area contributed by atoms with Gasteiger partial charge in [0.2, 0.25) is 0 Å². The molecule has 0 aromatic heterocycles. The summed E-state index contributed by atoms with van der Waals surface area (Å²) < 4.78 is 43.1. The second-order valence-electron chi connectivity index (χ2n) is 6.35.